The van der Waals surface area contributed by atoms with E-state index in [1.165, 1.54) is 12.4 Å². The third-order valence-electron chi connectivity index (χ3n) is 3.63. The zero-order valence-electron chi connectivity index (χ0n) is 14.1. The molecule has 0 bridgehead atoms. The molecule has 1 atom stereocenters. The summed E-state index contributed by atoms with van der Waals surface area (Å²) in [5.74, 6) is 0.391. The van der Waals surface area contributed by atoms with E-state index < -0.39 is 5.97 Å². The van der Waals surface area contributed by atoms with Gasteiger partial charge in [0.05, 0.1) is 11.9 Å². The van der Waals surface area contributed by atoms with Crippen LogP contribution in [0.1, 0.15) is 42.2 Å². The van der Waals surface area contributed by atoms with Crippen LogP contribution < -0.4 is 4.90 Å². The normalized spacial score (nSPS) is 12.4. The van der Waals surface area contributed by atoms with Crippen LogP contribution in [0.4, 0.5) is 5.82 Å². The van der Waals surface area contributed by atoms with Gasteiger partial charge in [-0.05, 0) is 19.9 Å². The Morgan fingerprint density at radius 2 is 2.28 bits per heavy atom. The Balaban J connectivity index is 1.83. The maximum Gasteiger partial charge on any atom is 0.352 e. The molecule has 0 radical (unpaired) electrons. The molecule has 132 valence electrons. The molecule has 0 aliphatic carbocycles. The molecule has 3 heterocycles. The number of nitrogens with zero attached hydrogens (tertiary/aromatic N) is 5. The van der Waals surface area contributed by atoms with Crippen LogP contribution in [-0.4, -0.2) is 49.8 Å². The molecule has 3 aromatic rings. The van der Waals surface area contributed by atoms with Crippen LogP contribution in [-0.2, 0) is 11.3 Å². The standard InChI is InChI=1S/C15H18N6O4/c1-4-24-8(2)12-19-11(25-20-12)6-21(3)14-9-5-10(15(22)23)18-13(9)16-7-17-14/h5,7-8H,4,6H2,1-3H3,(H,22,23)(H,16,17,18). The first-order valence-electron chi connectivity index (χ1n) is 7.71. The lowest BCUT2D eigenvalue weighted by Gasteiger charge is -2.16. The topological polar surface area (TPSA) is 130 Å². The molecule has 0 saturated carbocycles. The molecule has 10 heteroatoms. The zero-order chi connectivity index (χ0) is 18.0. The summed E-state index contributed by atoms with van der Waals surface area (Å²) in [7, 11) is 1.80. The van der Waals surface area contributed by atoms with Gasteiger partial charge in [-0.15, -0.1) is 0 Å². The molecule has 3 aromatic heterocycles. The van der Waals surface area contributed by atoms with Crippen LogP contribution in [0.2, 0.25) is 0 Å². The number of aromatic nitrogens is 5. The fourth-order valence-corrected chi connectivity index (χ4v) is 2.45. The summed E-state index contributed by atoms with van der Waals surface area (Å²) in [5, 5.41) is 13.6. The zero-order valence-corrected chi connectivity index (χ0v) is 14.1. The van der Waals surface area contributed by atoms with Crippen molar-refractivity contribution in [2.75, 3.05) is 18.6 Å². The second kappa shape index (κ2) is 6.85. The Kier molecular flexibility index (Phi) is 4.61. The first-order valence-corrected chi connectivity index (χ1v) is 7.71. The van der Waals surface area contributed by atoms with E-state index in [4.69, 9.17) is 14.4 Å². The van der Waals surface area contributed by atoms with Crippen molar-refractivity contribution in [2.24, 2.45) is 0 Å². The van der Waals surface area contributed by atoms with Crippen LogP contribution in [0.5, 0.6) is 0 Å². The molecule has 0 saturated heterocycles. The van der Waals surface area contributed by atoms with Crippen LogP contribution >= 0.6 is 0 Å². The van der Waals surface area contributed by atoms with Crippen LogP contribution in [0, 0.1) is 0 Å². The van der Waals surface area contributed by atoms with Crippen LogP contribution in [0.25, 0.3) is 11.0 Å². The van der Waals surface area contributed by atoms with E-state index in [1.807, 2.05) is 13.8 Å². The highest BCUT2D eigenvalue weighted by molar-refractivity contribution is 5.96. The van der Waals surface area contributed by atoms with Gasteiger partial charge in [0.15, 0.2) is 5.82 Å². The molecule has 3 rings (SSSR count). The molecular weight excluding hydrogens is 328 g/mol. The minimum Gasteiger partial charge on any atom is -0.477 e. The van der Waals surface area contributed by atoms with Gasteiger partial charge in [0, 0.05) is 13.7 Å². The second-order valence-electron chi connectivity index (χ2n) is 5.45. The predicted molar refractivity (Wildman–Crippen MR) is 87.3 cm³/mol. The van der Waals surface area contributed by atoms with Gasteiger partial charge < -0.3 is 24.3 Å². The number of carbonyl (C=O) groups is 1. The van der Waals surface area contributed by atoms with E-state index in [0.29, 0.717) is 41.7 Å². The number of H-pyrrole nitrogens is 1. The van der Waals surface area contributed by atoms with Gasteiger partial charge in [-0.2, -0.15) is 4.98 Å². The van der Waals surface area contributed by atoms with Gasteiger partial charge in [-0.25, -0.2) is 14.8 Å². The predicted octanol–water partition coefficient (Wildman–Crippen LogP) is 1.77. The van der Waals surface area contributed by atoms with Crippen molar-refractivity contribution in [3.8, 4) is 0 Å². The monoisotopic (exact) mass is 346 g/mol. The average Bonchev–Trinajstić information content (AvgIpc) is 3.21. The molecule has 25 heavy (non-hydrogen) atoms. The van der Waals surface area contributed by atoms with Crippen molar-refractivity contribution in [1.29, 1.82) is 0 Å². The molecule has 2 N–H and O–H groups in total. The van der Waals surface area contributed by atoms with Crippen molar-refractivity contribution in [2.45, 2.75) is 26.5 Å². The van der Waals surface area contributed by atoms with E-state index in [9.17, 15) is 4.79 Å². The largest absolute Gasteiger partial charge is 0.477 e. The van der Waals surface area contributed by atoms with Crippen LogP contribution in [0.15, 0.2) is 16.9 Å². The highest BCUT2D eigenvalue weighted by atomic mass is 16.5. The van der Waals surface area contributed by atoms with E-state index >= 15 is 0 Å². The number of aromatic carboxylic acids is 1. The molecule has 0 fully saturated rings. The van der Waals surface area contributed by atoms with Gasteiger partial charge in [0.25, 0.3) is 0 Å². The first-order chi connectivity index (χ1) is 12.0. The fourth-order valence-electron chi connectivity index (χ4n) is 2.45. The minimum atomic E-state index is -1.06. The summed E-state index contributed by atoms with van der Waals surface area (Å²) in [6.07, 6.45) is 1.12. The Morgan fingerprint density at radius 3 is 3.00 bits per heavy atom. The Hall–Kier alpha value is -3.01. The highest BCUT2D eigenvalue weighted by Gasteiger charge is 2.18. The molecule has 0 aliphatic rings. The number of anilines is 1. The fraction of sp³-hybridized carbons (Fsp3) is 0.400. The summed E-state index contributed by atoms with van der Waals surface area (Å²) in [6.45, 7) is 4.62. The lowest BCUT2D eigenvalue weighted by molar-refractivity contribution is 0.0681. The van der Waals surface area contributed by atoms with Crippen molar-refractivity contribution < 1.29 is 19.2 Å². The third-order valence-corrected chi connectivity index (χ3v) is 3.63. The average molecular weight is 346 g/mol. The van der Waals surface area contributed by atoms with Gasteiger partial charge in [0.2, 0.25) is 5.89 Å². The maximum atomic E-state index is 11.1. The Labute approximate surface area is 142 Å². The molecule has 0 spiro atoms. The van der Waals surface area contributed by atoms with Gasteiger partial charge in [0.1, 0.15) is 29.6 Å². The maximum absolute atomic E-state index is 11.1. The number of carboxylic acids is 1. The number of ether oxygens (including phenoxy) is 1. The summed E-state index contributed by atoms with van der Waals surface area (Å²) in [4.78, 5) is 28.3. The van der Waals surface area contributed by atoms with Crippen molar-refractivity contribution >= 4 is 22.8 Å². The van der Waals surface area contributed by atoms with Gasteiger partial charge in [-0.1, -0.05) is 5.16 Å². The molecule has 0 amide bonds. The lowest BCUT2D eigenvalue weighted by atomic mass is 10.3. The van der Waals surface area contributed by atoms with Gasteiger partial charge in [-0.3, -0.25) is 0 Å². The second-order valence-corrected chi connectivity index (χ2v) is 5.45. The minimum absolute atomic E-state index is 0.0516. The third kappa shape index (κ3) is 3.43. The number of hydrogen-bond donors (Lipinski definition) is 2. The number of hydrogen-bond acceptors (Lipinski definition) is 8. The van der Waals surface area contributed by atoms with E-state index in [1.54, 1.807) is 11.9 Å². The molecule has 0 aromatic carbocycles. The Bertz CT molecular complexity index is 889. The molecule has 10 nitrogen and oxygen atoms in total. The molecule has 1 unspecified atom stereocenters. The first kappa shape index (κ1) is 16.8. The van der Waals surface area contributed by atoms with Crippen molar-refractivity contribution in [1.82, 2.24) is 25.1 Å². The van der Waals surface area contributed by atoms with Crippen molar-refractivity contribution in [3.05, 3.63) is 29.8 Å². The Morgan fingerprint density at radius 1 is 1.48 bits per heavy atom. The highest BCUT2D eigenvalue weighted by Crippen LogP contribution is 2.24. The number of nitrogens with one attached hydrogen (secondary N) is 1. The summed E-state index contributed by atoms with van der Waals surface area (Å²) >= 11 is 0. The quantitative estimate of drug-likeness (QED) is 0.657. The van der Waals surface area contributed by atoms with E-state index in [2.05, 4.69) is 25.1 Å². The summed E-state index contributed by atoms with van der Waals surface area (Å²) < 4.78 is 10.7. The number of aromatic amines is 1. The van der Waals surface area contributed by atoms with Crippen LogP contribution in [0.3, 0.4) is 0 Å². The van der Waals surface area contributed by atoms with E-state index in [0.717, 1.165) is 0 Å². The number of carboxylic acid groups (broad SMARTS) is 1. The molecule has 0 aliphatic heterocycles. The summed E-state index contributed by atoms with van der Waals surface area (Å²) in [5.41, 5.74) is 0.501. The van der Waals surface area contributed by atoms with Crippen molar-refractivity contribution in [3.63, 3.8) is 0 Å². The number of fused-ring (bicyclic) bond motifs is 1. The SMILES string of the molecule is CCOC(C)c1noc(CN(C)c2ncnc3[nH]c(C(=O)O)cc23)n1. The van der Waals surface area contributed by atoms with Gasteiger partial charge >= 0.3 is 5.97 Å². The smallest absolute Gasteiger partial charge is 0.352 e. The lowest BCUT2D eigenvalue weighted by Crippen LogP contribution is -2.18. The van der Waals surface area contributed by atoms with E-state index in [-0.39, 0.29) is 11.8 Å². The summed E-state index contributed by atoms with van der Waals surface area (Å²) in [6, 6.07) is 1.50. The molecular formula is C15H18N6O4. The number of rotatable bonds is 7.